The van der Waals surface area contributed by atoms with E-state index in [-0.39, 0.29) is 6.03 Å². The number of carbonyl (C=O) groups excluding carboxylic acids is 1. The number of nitrogens with one attached hydrogen (secondary N) is 1. The molecule has 0 spiro atoms. The van der Waals surface area contributed by atoms with Gasteiger partial charge in [-0.25, -0.2) is 19.7 Å². The van der Waals surface area contributed by atoms with Gasteiger partial charge in [0.1, 0.15) is 11.6 Å². The molecule has 0 aromatic carbocycles. The number of hydrogen-bond donors (Lipinski definition) is 1. The van der Waals surface area contributed by atoms with Crippen LogP contribution in [0.1, 0.15) is 29.7 Å². The van der Waals surface area contributed by atoms with Crippen LogP contribution in [0.3, 0.4) is 0 Å². The number of amides is 2. The predicted octanol–water partition coefficient (Wildman–Crippen LogP) is 2.72. The van der Waals surface area contributed by atoms with E-state index in [4.69, 9.17) is 0 Å². The summed E-state index contributed by atoms with van der Waals surface area (Å²) in [5.74, 6) is 2.41. The lowest BCUT2D eigenvalue weighted by atomic mass is 9.93. The lowest BCUT2D eigenvalue weighted by Gasteiger charge is -2.35. The SMILES string of the molecule is Cc1nccc(N2CCN(C(=O)Nc3nc4c(s3)CC(C)CC4)CC2)n1. The zero-order chi connectivity index (χ0) is 18.1. The van der Waals surface area contributed by atoms with Crippen molar-refractivity contribution in [2.45, 2.75) is 33.1 Å². The molecule has 1 unspecified atom stereocenters. The number of nitrogens with zero attached hydrogens (tertiary/aromatic N) is 5. The van der Waals surface area contributed by atoms with E-state index in [9.17, 15) is 4.79 Å². The van der Waals surface area contributed by atoms with Crippen molar-refractivity contribution < 1.29 is 4.79 Å². The minimum Gasteiger partial charge on any atom is -0.353 e. The number of fused-ring (bicyclic) bond motifs is 1. The molecule has 1 aliphatic carbocycles. The van der Waals surface area contributed by atoms with Crippen molar-refractivity contribution in [1.29, 1.82) is 0 Å². The highest BCUT2D eigenvalue weighted by Crippen LogP contribution is 2.32. The molecule has 1 saturated heterocycles. The van der Waals surface area contributed by atoms with E-state index in [1.54, 1.807) is 17.5 Å². The first-order valence-corrected chi connectivity index (χ1v) is 9.99. The number of piperazine rings is 1. The Morgan fingerprint density at radius 3 is 2.85 bits per heavy atom. The van der Waals surface area contributed by atoms with Crippen LogP contribution < -0.4 is 10.2 Å². The summed E-state index contributed by atoms with van der Waals surface area (Å²) in [5, 5.41) is 3.74. The molecule has 0 bridgehead atoms. The molecule has 0 radical (unpaired) electrons. The van der Waals surface area contributed by atoms with Gasteiger partial charge < -0.3 is 9.80 Å². The average Bonchev–Trinajstić information content (AvgIpc) is 3.03. The second kappa shape index (κ2) is 7.19. The lowest BCUT2D eigenvalue weighted by molar-refractivity contribution is 0.208. The third kappa shape index (κ3) is 3.65. The van der Waals surface area contributed by atoms with Gasteiger partial charge in [0.25, 0.3) is 0 Å². The molecule has 2 aromatic heterocycles. The molecule has 2 amide bonds. The van der Waals surface area contributed by atoms with Gasteiger partial charge in [0.2, 0.25) is 0 Å². The first-order valence-electron chi connectivity index (χ1n) is 9.17. The second-order valence-corrected chi connectivity index (χ2v) is 8.19. The molecule has 2 aromatic rings. The molecule has 7 nitrogen and oxygen atoms in total. The van der Waals surface area contributed by atoms with E-state index in [1.165, 1.54) is 17.0 Å². The van der Waals surface area contributed by atoms with Crippen molar-refractivity contribution in [2.75, 3.05) is 36.4 Å². The quantitative estimate of drug-likeness (QED) is 0.877. The summed E-state index contributed by atoms with van der Waals surface area (Å²) in [4.78, 5) is 31.2. The molecule has 4 rings (SSSR count). The van der Waals surface area contributed by atoms with Gasteiger partial charge in [-0.15, -0.1) is 11.3 Å². The Morgan fingerprint density at radius 1 is 1.27 bits per heavy atom. The number of thiazole rings is 1. The lowest BCUT2D eigenvalue weighted by Crippen LogP contribution is -2.50. The number of anilines is 2. The van der Waals surface area contributed by atoms with Crippen LogP contribution in [0.2, 0.25) is 0 Å². The molecule has 26 heavy (non-hydrogen) atoms. The van der Waals surface area contributed by atoms with E-state index in [0.717, 1.165) is 42.7 Å². The summed E-state index contributed by atoms with van der Waals surface area (Å²) in [5.41, 5.74) is 1.17. The van der Waals surface area contributed by atoms with E-state index < -0.39 is 0 Å². The van der Waals surface area contributed by atoms with E-state index in [0.29, 0.717) is 19.0 Å². The Hall–Kier alpha value is -2.22. The largest absolute Gasteiger partial charge is 0.353 e. The molecule has 1 fully saturated rings. The summed E-state index contributed by atoms with van der Waals surface area (Å²) in [6, 6.07) is 1.87. The maximum atomic E-state index is 12.6. The Bertz CT molecular complexity index is 799. The van der Waals surface area contributed by atoms with Gasteiger partial charge in [-0.05, 0) is 38.2 Å². The minimum absolute atomic E-state index is 0.0531. The summed E-state index contributed by atoms with van der Waals surface area (Å²) >= 11 is 1.63. The summed E-state index contributed by atoms with van der Waals surface area (Å²) < 4.78 is 0. The topological polar surface area (TPSA) is 74.2 Å². The highest BCUT2D eigenvalue weighted by atomic mass is 32.1. The molecular formula is C18H24N6OS. The van der Waals surface area contributed by atoms with Gasteiger partial charge in [-0.2, -0.15) is 0 Å². The van der Waals surface area contributed by atoms with E-state index in [1.807, 2.05) is 17.9 Å². The zero-order valence-corrected chi connectivity index (χ0v) is 16.1. The first-order chi connectivity index (χ1) is 12.6. The first kappa shape index (κ1) is 17.2. The minimum atomic E-state index is -0.0531. The molecule has 1 atom stereocenters. The third-order valence-electron chi connectivity index (χ3n) is 5.05. The van der Waals surface area contributed by atoms with Gasteiger partial charge in [0, 0.05) is 37.3 Å². The third-order valence-corrected chi connectivity index (χ3v) is 6.09. The molecule has 2 aliphatic rings. The van der Waals surface area contributed by atoms with Crippen molar-refractivity contribution in [3.05, 3.63) is 28.7 Å². The molecule has 1 N–H and O–H groups in total. The normalized spacial score (nSPS) is 20.0. The molecule has 0 saturated carbocycles. The molecule has 138 valence electrons. The van der Waals surface area contributed by atoms with Gasteiger partial charge in [0.05, 0.1) is 5.69 Å². The Morgan fingerprint density at radius 2 is 2.08 bits per heavy atom. The maximum Gasteiger partial charge on any atom is 0.323 e. The van der Waals surface area contributed by atoms with Crippen LogP contribution >= 0.6 is 11.3 Å². The summed E-state index contributed by atoms with van der Waals surface area (Å²) in [6.45, 7) is 7.07. The van der Waals surface area contributed by atoms with E-state index >= 15 is 0 Å². The van der Waals surface area contributed by atoms with Crippen molar-refractivity contribution in [2.24, 2.45) is 5.92 Å². The fraction of sp³-hybridized carbons (Fsp3) is 0.556. The molecule has 8 heteroatoms. The van der Waals surface area contributed by atoms with Gasteiger partial charge in [-0.1, -0.05) is 6.92 Å². The number of aryl methyl sites for hydroxylation is 2. The van der Waals surface area contributed by atoms with Crippen LogP contribution in [0.5, 0.6) is 0 Å². The van der Waals surface area contributed by atoms with Crippen LogP contribution in [-0.2, 0) is 12.8 Å². The highest BCUT2D eigenvalue weighted by Gasteiger charge is 2.24. The fourth-order valence-corrected chi connectivity index (χ4v) is 4.68. The van der Waals surface area contributed by atoms with Crippen molar-refractivity contribution in [3.8, 4) is 0 Å². The van der Waals surface area contributed by atoms with Crippen molar-refractivity contribution in [1.82, 2.24) is 19.9 Å². The Kier molecular flexibility index (Phi) is 4.76. The number of carbonyl (C=O) groups is 1. The second-order valence-electron chi connectivity index (χ2n) is 7.10. The van der Waals surface area contributed by atoms with Crippen molar-refractivity contribution in [3.63, 3.8) is 0 Å². The molecule has 1 aliphatic heterocycles. The van der Waals surface area contributed by atoms with Crippen LogP contribution in [0.4, 0.5) is 15.7 Å². The number of hydrogen-bond acceptors (Lipinski definition) is 6. The zero-order valence-electron chi connectivity index (χ0n) is 15.2. The monoisotopic (exact) mass is 372 g/mol. The number of aromatic nitrogens is 3. The Balaban J connectivity index is 1.34. The van der Waals surface area contributed by atoms with Crippen LogP contribution in [0.25, 0.3) is 0 Å². The van der Waals surface area contributed by atoms with E-state index in [2.05, 4.69) is 32.1 Å². The van der Waals surface area contributed by atoms with Crippen LogP contribution in [0.15, 0.2) is 12.3 Å². The van der Waals surface area contributed by atoms with Crippen molar-refractivity contribution >= 4 is 28.3 Å². The maximum absolute atomic E-state index is 12.6. The molecule has 3 heterocycles. The number of rotatable bonds is 2. The van der Waals surface area contributed by atoms with Gasteiger partial charge in [0.15, 0.2) is 5.13 Å². The average molecular weight is 372 g/mol. The fourth-order valence-electron chi connectivity index (χ4n) is 3.52. The van der Waals surface area contributed by atoms with Gasteiger partial charge in [-0.3, -0.25) is 5.32 Å². The summed E-state index contributed by atoms with van der Waals surface area (Å²) in [6.07, 6.45) is 5.08. The van der Waals surface area contributed by atoms with Gasteiger partial charge >= 0.3 is 6.03 Å². The summed E-state index contributed by atoms with van der Waals surface area (Å²) in [7, 11) is 0. The highest BCUT2D eigenvalue weighted by molar-refractivity contribution is 7.15. The molecular weight excluding hydrogens is 348 g/mol. The van der Waals surface area contributed by atoms with Crippen LogP contribution in [0, 0.1) is 12.8 Å². The smallest absolute Gasteiger partial charge is 0.323 e. The predicted molar refractivity (Wildman–Crippen MR) is 103 cm³/mol. The number of urea groups is 1. The Labute approximate surface area is 157 Å². The van der Waals surface area contributed by atoms with Crippen LogP contribution in [-0.4, -0.2) is 52.1 Å². The standard InChI is InChI=1S/C18H24N6OS/c1-12-3-4-14-15(11-12)26-17(21-14)22-18(25)24-9-7-23(8-10-24)16-5-6-19-13(2)20-16/h5-6,12H,3-4,7-11H2,1-2H3,(H,21,22,25).